The smallest absolute Gasteiger partial charge is 0.410 e. The molecule has 2 aromatic heterocycles. The number of amides is 1. The average molecular weight is 429 g/mol. The van der Waals surface area contributed by atoms with Crippen molar-refractivity contribution in [3.8, 4) is 0 Å². The Balaban J connectivity index is 1.81. The van der Waals surface area contributed by atoms with E-state index in [2.05, 4.69) is 4.98 Å². The Morgan fingerprint density at radius 2 is 2.03 bits per heavy atom. The van der Waals surface area contributed by atoms with Crippen molar-refractivity contribution >= 4 is 17.1 Å². The molecule has 164 valence electrons. The van der Waals surface area contributed by atoms with Gasteiger partial charge < -0.3 is 14.0 Å². The fourth-order valence-electron chi connectivity index (χ4n) is 3.97. The molecule has 0 aliphatic carbocycles. The van der Waals surface area contributed by atoms with E-state index in [-0.39, 0.29) is 19.2 Å². The van der Waals surface area contributed by atoms with Crippen LogP contribution in [0.5, 0.6) is 0 Å². The number of hydrogen-bond donors (Lipinski definition) is 0. The summed E-state index contributed by atoms with van der Waals surface area (Å²) in [4.78, 5) is 18.9. The van der Waals surface area contributed by atoms with Crippen LogP contribution >= 0.6 is 0 Å². The number of carbonyl (C=O) groups is 1. The molecule has 1 aliphatic rings. The van der Waals surface area contributed by atoms with Crippen LogP contribution in [0.25, 0.3) is 11.0 Å². The zero-order valence-corrected chi connectivity index (χ0v) is 18.0. The molecule has 1 aliphatic heterocycles. The highest BCUT2D eigenvalue weighted by molar-refractivity contribution is 5.84. The van der Waals surface area contributed by atoms with Crippen molar-refractivity contribution in [1.29, 1.82) is 0 Å². The third-order valence-corrected chi connectivity index (χ3v) is 5.30. The van der Waals surface area contributed by atoms with E-state index in [9.17, 15) is 13.6 Å². The maximum absolute atomic E-state index is 14.4. The second kappa shape index (κ2) is 7.92. The minimum Gasteiger partial charge on any atom is -0.444 e. The van der Waals surface area contributed by atoms with E-state index in [4.69, 9.17) is 9.47 Å². The summed E-state index contributed by atoms with van der Waals surface area (Å²) in [5.74, 6) is -1.26. The van der Waals surface area contributed by atoms with E-state index in [0.29, 0.717) is 17.8 Å². The van der Waals surface area contributed by atoms with Gasteiger partial charge in [-0.05, 0) is 39.0 Å². The quantitative estimate of drug-likeness (QED) is 0.600. The molecule has 3 aromatic rings. The van der Waals surface area contributed by atoms with Gasteiger partial charge in [0.05, 0.1) is 19.6 Å². The molecule has 0 saturated carbocycles. The SMILES string of the molecule is COC1CN(C(=O)OC(C)(C)C)Cc2c1c1cccnc1n2Cc1ccc(F)cc1F. The Hall–Kier alpha value is -3.00. The molecular weight excluding hydrogens is 404 g/mol. The number of nitrogens with zero attached hydrogens (tertiary/aromatic N) is 3. The first-order chi connectivity index (χ1) is 14.7. The van der Waals surface area contributed by atoms with Gasteiger partial charge >= 0.3 is 6.09 Å². The Bertz CT molecular complexity index is 1140. The monoisotopic (exact) mass is 429 g/mol. The summed E-state index contributed by atoms with van der Waals surface area (Å²) < 4.78 is 41.0. The third kappa shape index (κ3) is 4.12. The molecule has 1 amide bonds. The molecule has 8 heteroatoms. The molecule has 0 fully saturated rings. The molecule has 6 nitrogen and oxygen atoms in total. The minimum atomic E-state index is -0.633. The predicted octanol–water partition coefficient (Wildman–Crippen LogP) is 4.80. The van der Waals surface area contributed by atoms with Crippen molar-refractivity contribution in [2.24, 2.45) is 0 Å². The fraction of sp³-hybridized carbons (Fsp3) is 0.391. The van der Waals surface area contributed by atoms with Gasteiger partial charge in [0.25, 0.3) is 0 Å². The number of ether oxygens (including phenoxy) is 2. The van der Waals surface area contributed by atoms with Crippen LogP contribution < -0.4 is 0 Å². The van der Waals surface area contributed by atoms with Crippen molar-refractivity contribution in [3.63, 3.8) is 0 Å². The van der Waals surface area contributed by atoms with Crippen LogP contribution in [0.2, 0.25) is 0 Å². The minimum absolute atomic E-state index is 0.146. The fourth-order valence-corrected chi connectivity index (χ4v) is 3.97. The molecule has 1 atom stereocenters. The number of carbonyl (C=O) groups excluding carboxylic acids is 1. The Kier molecular flexibility index (Phi) is 5.43. The van der Waals surface area contributed by atoms with Crippen molar-refractivity contribution in [2.45, 2.75) is 45.6 Å². The van der Waals surface area contributed by atoms with Gasteiger partial charge in [-0.25, -0.2) is 18.6 Å². The van der Waals surface area contributed by atoms with Gasteiger partial charge in [-0.15, -0.1) is 0 Å². The van der Waals surface area contributed by atoms with E-state index in [1.807, 2.05) is 37.5 Å². The van der Waals surface area contributed by atoms with Gasteiger partial charge in [-0.1, -0.05) is 6.07 Å². The number of methoxy groups -OCH3 is 1. The van der Waals surface area contributed by atoms with Gasteiger partial charge in [-0.3, -0.25) is 4.90 Å². The molecule has 0 radical (unpaired) electrons. The Labute approximate surface area is 179 Å². The second-order valence-electron chi connectivity index (χ2n) is 8.64. The maximum Gasteiger partial charge on any atom is 0.410 e. The standard InChI is InChI=1S/C23H25F2N3O3/c1-23(2,3)31-22(29)27-12-18-20(19(13-27)30-4)16-6-5-9-26-21(16)28(18)11-14-7-8-15(24)10-17(14)25/h5-10,19H,11-13H2,1-4H3. The molecule has 0 spiro atoms. The van der Waals surface area contributed by atoms with Crippen LogP contribution in [0, 0.1) is 11.6 Å². The van der Waals surface area contributed by atoms with E-state index in [1.165, 1.54) is 12.1 Å². The van der Waals surface area contributed by atoms with Crippen molar-refractivity contribution in [2.75, 3.05) is 13.7 Å². The summed E-state index contributed by atoms with van der Waals surface area (Å²) in [5.41, 5.74) is 2.07. The van der Waals surface area contributed by atoms with Gasteiger partial charge in [0.2, 0.25) is 0 Å². The first kappa shape index (κ1) is 21.2. The number of aromatic nitrogens is 2. The number of hydrogen-bond acceptors (Lipinski definition) is 4. The summed E-state index contributed by atoms with van der Waals surface area (Å²) in [6.07, 6.45) is 0.832. The van der Waals surface area contributed by atoms with Gasteiger partial charge in [-0.2, -0.15) is 0 Å². The summed E-state index contributed by atoms with van der Waals surface area (Å²) in [6.45, 7) is 6.18. The molecule has 0 bridgehead atoms. The zero-order valence-electron chi connectivity index (χ0n) is 18.0. The number of rotatable bonds is 3. The first-order valence-corrected chi connectivity index (χ1v) is 10.1. The molecule has 0 saturated heterocycles. The zero-order chi connectivity index (χ0) is 22.3. The highest BCUT2D eigenvalue weighted by Gasteiger charge is 2.35. The molecule has 31 heavy (non-hydrogen) atoms. The summed E-state index contributed by atoms with van der Waals surface area (Å²) in [6, 6.07) is 7.29. The maximum atomic E-state index is 14.4. The van der Waals surface area contributed by atoms with E-state index < -0.39 is 23.3 Å². The third-order valence-electron chi connectivity index (χ3n) is 5.30. The number of halogens is 2. The van der Waals surface area contributed by atoms with Crippen molar-refractivity contribution < 1.29 is 23.0 Å². The first-order valence-electron chi connectivity index (χ1n) is 10.1. The van der Waals surface area contributed by atoms with Crippen LogP contribution in [-0.4, -0.2) is 39.8 Å². The van der Waals surface area contributed by atoms with Crippen LogP contribution in [0.15, 0.2) is 36.5 Å². The lowest BCUT2D eigenvalue weighted by molar-refractivity contribution is -0.000332. The molecule has 1 unspecified atom stereocenters. The molecule has 0 N–H and O–H groups in total. The highest BCUT2D eigenvalue weighted by Crippen LogP contribution is 2.37. The summed E-state index contributed by atoms with van der Waals surface area (Å²) in [5, 5.41) is 0.885. The number of fused-ring (bicyclic) bond motifs is 3. The molecule has 4 rings (SSSR count). The van der Waals surface area contributed by atoms with Crippen molar-refractivity contribution in [3.05, 3.63) is 65.0 Å². The lowest BCUT2D eigenvalue weighted by Gasteiger charge is -2.34. The lowest BCUT2D eigenvalue weighted by Crippen LogP contribution is -2.42. The Morgan fingerprint density at radius 3 is 2.71 bits per heavy atom. The summed E-state index contributed by atoms with van der Waals surface area (Å²) in [7, 11) is 1.59. The van der Waals surface area contributed by atoms with Gasteiger partial charge in [0.15, 0.2) is 0 Å². The highest BCUT2D eigenvalue weighted by atomic mass is 19.1. The van der Waals surface area contributed by atoms with E-state index in [1.54, 1.807) is 18.2 Å². The van der Waals surface area contributed by atoms with Crippen LogP contribution in [0.3, 0.4) is 0 Å². The van der Waals surface area contributed by atoms with Crippen LogP contribution in [0.4, 0.5) is 13.6 Å². The molecule has 3 heterocycles. The molecule has 1 aromatic carbocycles. The predicted molar refractivity (Wildman–Crippen MR) is 112 cm³/mol. The van der Waals surface area contributed by atoms with Crippen LogP contribution in [-0.2, 0) is 22.6 Å². The van der Waals surface area contributed by atoms with E-state index in [0.717, 1.165) is 22.7 Å². The van der Waals surface area contributed by atoms with Crippen molar-refractivity contribution in [1.82, 2.24) is 14.5 Å². The average Bonchev–Trinajstić information content (AvgIpc) is 3.02. The largest absolute Gasteiger partial charge is 0.444 e. The van der Waals surface area contributed by atoms with Gasteiger partial charge in [0.1, 0.15) is 29.0 Å². The lowest BCUT2D eigenvalue weighted by atomic mass is 10.0. The van der Waals surface area contributed by atoms with Crippen LogP contribution in [0.1, 0.15) is 43.7 Å². The second-order valence-corrected chi connectivity index (χ2v) is 8.64. The normalized spacial score (nSPS) is 16.5. The number of benzene rings is 1. The summed E-state index contributed by atoms with van der Waals surface area (Å²) >= 11 is 0. The number of pyridine rings is 1. The topological polar surface area (TPSA) is 56.6 Å². The molecular formula is C23H25F2N3O3. The Morgan fingerprint density at radius 1 is 1.26 bits per heavy atom. The van der Waals surface area contributed by atoms with E-state index >= 15 is 0 Å². The van der Waals surface area contributed by atoms with Gasteiger partial charge in [0, 0.05) is 41.6 Å².